The lowest BCUT2D eigenvalue weighted by atomic mass is 10.2. The van der Waals surface area contributed by atoms with Crippen LogP contribution in [0.5, 0.6) is 0 Å². The molecule has 1 heterocycles. The average molecular weight is 209 g/mol. The predicted octanol–water partition coefficient (Wildman–Crippen LogP) is -0.125. The van der Waals surface area contributed by atoms with Crippen molar-refractivity contribution in [1.29, 1.82) is 0 Å². The van der Waals surface area contributed by atoms with E-state index in [4.69, 9.17) is 4.74 Å². The highest BCUT2D eigenvalue weighted by Crippen LogP contribution is 1.97. The lowest BCUT2D eigenvalue weighted by Gasteiger charge is -2.26. The molecular weight excluding hydrogens is 192 g/mol. The molecule has 0 bridgehead atoms. The van der Waals surface area contributed by atoms with Crippen LogP contribution >= 0.6 is 12.4 Å². The Morgan fingerprint density at radius 3 is 2.85 bits per heavy atom. The third kappa shape index (κ3) is 3.50. The number of hydrogen-bond acceptors (Lipinski definition) is 3. The van der Waals surface area contributed by atoms with Gasteiger partial charge in [0.25, 0.3) is 0 Å². The highest BCUT2D eigenvalue weighted by atomic mass is 35.5. The number of likely N-dealkylation sites (N-methyl/N-ethyl adjacent to an activating group) is 1. The maximum atomic E-state index is 11.5. The minimum Gasteiger partial charge on any atom is -0.378 e. The molecule has 13 heavy (non-hydrogen) atoms. The second-order valence-electron chi connectivity index (χ2n) is 2.93. The maximum absolute atomic E-state index is 11.5. The van der Waals surface area contributed by atoms with Crippen molar-refractivity contribution >= 4 is 18.3 Å². The second-order valence-corrected chi connectivity index (χ2v) is 2.93. The molecule has 0 aromatic rings. The van der Waals surface area contributed by atoms with Crippen LogP contribution < -0.4 is 5.32 Å². The first-order valence-corrected chi connectivity index (χ1v) is 4.31. The van der Waals surface area contributed by atoms with Gasteiger partial charge in [-0.15, -0.1) is 12.4 Å². The minimum atomic E-state index is -0.135. The van der Waals surface area contributed by atoms with Gasteiger partial charge in [0, 0.05) is 20.1 Å². The lowest BCUT2D eigenvalue weighted by Crippen LogP contribution is -2.51. The molecule has 1 atom stereocenters. The van der Waals surface area contributed by atoms with Gasteiger partial charge in [-0.05, 0) is 6.92 Å². The van der Waals surface area contributed by atoms with Crippen molar-refractivity contribution in [3.63, 3.8) is 0 Å². The van der Waals surface area contributed by atoms with Gasteiger partial charge < -0.3 is 15.0 Å². The molecule has 1 N–H and O–H groups in total. The molecule has 0 aromatic heterocycles. The van der Waals surface area contributed by atoms with E-state index >= 15 is 0 Å². The first kappa shape index (κ1) is 12.7. The van der Waals surface area contributed by atoms with Gasteiger partial charge >= 0.3 is 0 Å². The Morgan fingerprint density at radius 2 is 2.38 bits per heavy atom. The van der Waals surface area contributed by atoms with E-state index in [1.807, 2.05) is 6.92 Å². The molecule has 0 unspecified atom stereocenters. The summed E-state index contributed by atoms with van der Waals surface area (Å²) in [6.45, 7) is 4.69. The Bertz CT molecular complexity index is 160. The minimum absolute atomic E-state index is 0. The van der Waals surface area contributed by atoms with E-state index in [1.54, 1.807) is 11.9 Å². The Kier molecular flexibility index (Phi) is 6.03. The number of morpholine rings is 1. The van der Waals surface area contributed by atoms with Crippen LogP contribution in [0, 0.1) is 0 Å². The summed E-state index contributed by atoms with van der Waals surface area (Å²) in [7, 11) is 1.80. The topological polar surface area (TPSA) is 41.6 Å². The molecule has 1 aliphatic heterocycles. The first-order chi connectivity index (χ1) is 5.75. The van der Waals surface area contributed by atoms with Crippen LogP contribution in [0.1, 0.15) is 6.92 Å². The zero-order valence-electron chi connectivity index (χ0n) is 8.08. The average Bonchev–Trinajstić information content (AvgIpc) is 2.17. The smallest absolute Gasteiger partial charge is 0.241 e. The van der Waals surface area contributed by atoms with Crippen LogP contribution in [0.25, 0.3) is 0 Å². The number of amides is 1. The molecule has 0 aliphatic carbocycles. The van der Waals surface area contributed by atoms with Crippen molar-refractivity contribution < 1.29 is 9.53 Å². The van der Waals surface area contributed by atoms with E-state index in [0.29, 0.717) is 13.2 Å². The molecular formula is C8H17ClN2O2. The van der Waals surface area contributed by atoms with Gasteiger partial charge in [-0.2, -0.15) is 0 Å². The van der Waals surface area contributed by atoms with Gasteiger partial charge in [-0.25, -0.2) is 0 Å². The van der Waals surface area contributed by atoms with Crippen LogP contribution in [-0.4, -0.2) is 50.2 Å². The maximum Gasteiger partial charge on any atom is 0.241 e. The van der Waals surface area contributed by atoms with Crippen LogP contribution in [-0.2, 0) is 9.53 Å². The molecule has 1 saturated heterocycles. The Hall–Kier alpha value is -0.320. The molecule has 1 fully saturated rings. The Labute approximate surface area is 85.0 Å². The number of nitrogens with one attached hydrogen (secondary N) is 1. The molecule has 4 nitrogen and oxygen atoms in total. The van der Waals surface area contributed by atoms with Gasteiger partial charge in [-0.1, -0.05) is 0 Å². The standard InChI is InChI=1S/C8H16N2O2.ClH/c1-3-10(2)8(11)7-6-12-5-4-9-7;/h7,9H,3-6H2,1-2H3;1H/t7-;/m1./s1. The van der Waals surface area contributed by atoms with Crippen molar-refractivity contribution in [1.82, 2.24) is 10.2 Å². The fourth-order valence-corrected chi connectivity index (χ4v) is 1.15. The number of carbonyl (C=O) groups excluding carboxylic acids is 1. The SMILES string of the molecule is CCN(C)C(=O)[C@H]1COCCN1.Cl. The van der Waals surface area contributed by atoms with E-state index in [-0.39, 0.29) is 24.4 Å². The van der Waals surface area contributed by atoms with Gasteiger partial charge in [0.2, 0.25) is 5.91 Å². The zero-order valence-corrected chi connectivity index (χ0v) is 8.89. The molecule has 5 heteroatoms. The van der Waals surface area contributed by atoms with E-state index < -0.39 is 0 Å². The summed E-state index contributed by atoms with van der Waals surface area (Å²) in [6.07, 6.45) is 0. The van der Waals surface area contributed by atoms with Crippen molar-refractivity contribution in [2.75, 3.05) is 33.4 Å². The van der Waals surface area contributed by atoms with Crippen molar-refractivity contribution in [3.8, 4) is 0 Å². The van der Waals surface area contributed by atoms with E-state index in [1.165, 1.54) is 0 Å². The summed E-state index contributed by atoms with van der Waals surface area (Å²) in [6, 6.07) is -0.135. The fourth-order valence-electron chi connectivity index (χ4n) is 1.15. The molecule has 0 spiro atoms. The third-order valence-corrected chi connectivity index (χ3v) is 2.07. The zero-order chi connectivity index (χ0) is 8.97. The predicted molar refractivity (Wildman–Crippen MR) is 53.2 cm³/mol. The fraction of sp³-hybridized carbons (Fsp3) is 0.875. The van der Waals surface area contributed by atoms with Crippen molar-refractivity contribution in [2.45, 2.75) is 13.0 Å². The van der Waals surface area contributed by atoms with Crippen molar-refractivity contribution in [3.05, 3.63) is 0 Å². The van der Waals surface area contributed by atoms with Crippen LogP contribution in [0.2, 0.25) is 0 Å². The highest BCUT2D eigenvalue weighted by molar-refractivity contribution is 5.85. The first-order valence-electron chi connectivity index (χ1n) is 4.31. The van der Waals surface area contributed by atoms with Gasteiger partial charge in [0.05, 0.1) is 13.2 Å². The molecule has 1 rings (SSSR count). The third-order valence-electron chi connectivity index (χ3n) is 2.07. The molecule has 1 aliphatic rings. The summed E-state index contributed by atoms with van der Waals surface area (Å²) in [5, 5.41) is 3.12. The van der Waals surface area contributed by atoms with Crippen molar-refractivity contribution in [2.24, 2.45) is 0 Å². The highest BCUT2D eigenvalue weighted by Gasteiger charge is 2.22. The monoisotopic (exact) mass is 208 g/mol. The number of hydrogen-bond donors (Lipinski definition) is 1. The molecule has 0 aromatic carbocycles. The van der Waals surface area contributed by atoms with Crippen LogP contribution in [0.3, 0.4) is 0 Å². The summed E-state index contributed by atoms with van der Waals surface area (Å²) in [5.74, 6) is 0.122. The summed E-state index contributed by atoms with van der Waals surface area (Å²) < 4.78 is 5.19. The van der Waals surface area contributed by atoms with Gasteiger partial charge in [0.1, 0.15) is 6.04 Å². The number of ether oxygens (including phenoxy) is 1. The number of carbonyl (C=O) groups is 1. The number of nitrogens with zero attached hydrogens (tertiary/aromatic N) is 1. The van der Waals surface area contributed by atoms with Crippen LogP contribution in [0.15, 0.2) is 0 Å². The lowest BCUT2D eigenvalue weighted by molar-refractivity contribution is -0.134. The molecule has 0 saturated carbocycles. The number of rotatable bonds is 2. The second kappa shape index (κ2) is 6.18. The Morgan fingerprint density at radius 1 is 1.69 bits per heavy atom. The normalized spacial score (nSPS) is 21.8. The Balaban J connectivity index is 0.00000144. The quantitative estimate of drug-likeness (QED) is 0.688. The summed E-state index contributed by atoms with van der Waals surface area (Å²) in [5.41, 5.74) is 0. The number of halogens is 1. The van der Waals surface area contributed by atoms with Gasteiger partial charge in [-0.3, -0.25) is 4.79 Å². The van der Waals surface area contributed by atoms with E-state index in [2.05, 4.69) is 5.32 Å². The van der Waals surface area contributed by atoms with Crippen LogP contribution in [0.4, 0.5) is 0 Å². The summed E-state index contributed by atoms with van der Waals surface area (Å²) in [4.78, 5) is 13.2. The van der Waals surface area contributed by atoms with E-state index in [9.17, 15) is 4.79 Å². The summed E-state index contributed by atoms with van der Waals surface area (Å²) >= 11 is 0. The van der Waals surface area contributed by atoms with E-state index in [0.717, 1.165) is 13.1 Å². The van der Waals surface area contributed by atoms with Gasteiger partial charge in [0.15, 0.2) is 0 Å². The molecule has 1 amide bonds. The largest absolute Gasteiger partial charge is 0.378 e. The molecule has 78 valence electrons. The molecule has 0 radical (unpaired) electrons.